The molecule has 1 aromatic heterocycles. The van der Waals surface area contributed by atoms with E-state index in [2.05, 4.69) is 31.4 Å². The second-order valence-corrected chi connectivity index (χ2v) is 7.93. The Morgan fingerprint density at radius 2 is 1.57 bits per heavy atom. The number of hydrogen-bond acceptors (Lipinski definition) is 3. The summed E-state index contributed by atoms with van der Waals surface area (Å²) in [6.07, 6.45) is 0. The number of aromatic nitrogens is 3. The fraction of sp³-hybridized carbons (Fsp3) is 0.0417. The molecule has 6 heteroatoms. The smallest absolute Gasteiger partial charge is 0.256 e. The Balaban J connectivity index is 1.52. The van der Waals surface area contributed by atoms with Gasteiger partial charge in [0.25, 0.3) is 5.91 Å². The average molecular weight is 457 g/mol. The molecule has 0 unspecified atom stereocenters. The minimum absolute atomic E-state index is 0.156. The molecule has 146 valence electrons. The van der Waals surface area contributed by atoms with Crippen molar-refractivity contribution in [1.29, 1.82) is 0 Å². The molecule has 0 atom stereocenters. The topological polar surface area (TPSA) is 59.8 Å². The first-order valence-electron chi connectivity index (χ1n) is 9.52. The molecule has 0 bridgehead atoms. The number of amides is 1. The van der Waals surface area contributed by atoms with Gasteiger partial charge >= 0.3 is 0 Å². The maximum atomic E-state index is 13.1. The van der Waals surface area contributed by atoms with Crippen LogP contribution in [0.2, 0.25) is 0 Å². The first kappa shape index (κ1) is 18.5. The summed E-state index contributed by atoms with van der Waals surface area (Å²) >= 11 is 3.56. The van der Waals surface area contributed by atoms with E-state index in [1.165, 1.54) is 0 Å². The van der Waals surface area contributed by atoms with Gasteiger partial charge in [-0.1, -0.05) is 58.4 Å². The van der Waals surface area contributed by atoms with Crippen molar-refractivity contribution in [2.75, 3.05) is 5.32 Å². The summed E-state index contributed by atoms with van der Waals surface area (Å²) in [5, 5.41) is 14.1. The Hall–Kier alpha value is -3.51. The van der Waals surface area contributed by atoms with Gasteiger partial charge in [-0.2, -0.15) is 4.80 Å². The molecule has 0 saturated carbocycles. The Morgan fingerprint density at radius 1 is 0.867 bits per heavy atom. The molecule has 0 aliphatic rings. The third-order valence-corrected chi connectivity index (χ3v) is 5.77. The first-order chi connectivity index (χ1) is 14.6. The monoisotopic (exact) mass is 456 g/mol. The van der Waals surface area contributed by atoms with Crippen molar-refractivity contribution in [1.82, 2.24) is 15.0 Å². The highest BCUT2D eigenvalue weighted by Crippen LogP contribution is 2.28. The fourth-order valence-electron chi connectivity index (χ4n) is 3.54. The largest absolute Gasteiger partial charge is 0.322 e. The molecule has 5 rings (SSSR count). The van der Waals surface area contributed by atoms with Gasteiger partial charge in [0.2, 0.25) is 0 Å². The summed E-state index contributed by atoms with van der Waals surface area (Å²) in [5.74, 6) is -0.156. The highest BCUT2D eigenvalue weighted by atomic mass is 79.9. The standard InChI is InChI=1S/C24H17BrN4O/c1-15-13-22-23(28-29(27-22)16-7-3-2-4-8-16)14-21(15)26-24(30)19-11-5-10-18-17(19)9-6-12-20(18)25/h2-14H,1H3,(H,26,30). The molecule has 5 aromatic rings. The molecule has 1 amide bonds. The molecule has 1 N–H and O–H groups in total. The van der Waals surface area contributed by atoms with Crippen molar-refractivity contribution in [3.8, 4) is 5.69 Å². The van der Waals surface area contributed by atoms with Gasteiger partial charge in [0.05, 0.1) is 5.69 Å². The molecular weight excluding hydrogens is 440 g/mol. The number of halogens is 1. The van der Waals surface area contributed by atoms with Crippen molar-refractivity contribution in [2.24, 2.45) is 0 Å². The quantitative estimate of drug-likeness (QED) is 0.367. The van der Waals surface area contributed by atoms with Crippen LogP contribution in [0.3, 0.4) is 0 Å². The van der Waals surface area contributed by atoms with E-state index in [-0.39, 0.29) is 5.91 Å². The zero-order valence-electron chi connectivity index (χ0n) is 16.1. The van der Waals surface area contributed by atoms with E-state index in [0.717, 1.165) is 43.2 Å². The number of carbonyl (C=O) groups excluding carboxylic acids is 1. The maximum Gasteiger partial charge on any atom is 0.256 e. The second kappa shape index (κ2) is 7.39. The lowest BCUT2D eigenvalue weighted by Gasteiger charge is -2.11. The van der Waals surface area contributed by atoms with Crippen molar-refractivity contribution < 1.29 is 4.79 Å². The molecule has 0 aliphatic heterocycles. The minimum Gasteiger partial charge on any atom is -0.322 e. The van der Waals surface area contributed by atoms with Gasteiger partial charge in [-0.05, 0) is 59.7 Å². The zero-order chi connectivity index (χ0) is 20.7. The van der Waals surface area contributed by atoms with Gasteiger partial charge in [0, 0.05) is 15.7 Å². The number of benzene rings is 4. The van der Waals surface area contributed by atoms with E-state index in [1.807, 2.05) is 85.8 Å². The number of carbonyl (C=O) groups is 1. The summed E-state index contributed by atoms with van der Waals surface area (Å²) < 4.78 is 0.963. The van der Waals surface area contributed by atoms with Crippen LogP contribution >= 0.6 is 15.9 Å². The summed E-state index contributed by atoms with van der Waals surface area (Å²) in [7, 11) is 0. The third kappa shape index (κ3) is 3.25. The van der Waals surface area contributed by atoms with E-state index in [4.69, 9.17) is 0 Å². The van der Waals surface area contributed by atoms with Crippen LogP contribution in [-0.2, 0) is 0 Å². The number of anilines is 1. The average Bonchev–Trinajstić information content (AvgIpc) is 3.17. The molecule has 0 aliphatic carbocycles. The van der Waals surface area contributed by atoms with E-state index in [0.29, 0.717) is 5.56 Å². The Morgan fingerprint density at radius 3 is 2.37 bits per heavy atom. The van der Waals surface area contributed by atoms with Crippen LogP contribution in [0.4, 0.5) is 5.69 Å². The Bertz CT molecular complexity index is 1410. The Kier molecular flexibility index (Phi) is 4.56. The second-order valence-electron chi connectivity index (χ2n) is 7.08. The van der Waals surface area contributed by atoms with Crippen LogP contribution in [0.1, 0.15) is 15.9 Å². The van der Waals surface area contributed by atoms with Crippen LogP contribution in [0, 0.1) is 6.92 Å². The summed E-state index contributed by atoms with van der Waals surface area (Å²) in [5.41, 5.74) is 4.67. The maximum absolute atomic E-state index is 13.1. The van der Waals surface area contributed by atoms with E-state index in [1.54, 1.807) is 4.80 Å². The molecule has 0 radical (unpaired) electrons. The van der Waals surface area contributed by atoms with E-state index < -0.39 is 0 Å². The molecule has 0 saturated heterocycles. The van der Waals surface area contributed by atoms with Crippen LogP contribution in [0.25, 0.3) is 27.5 Å². The van der Waals surface area contributed by atoms with Gasteiger partial charge in [-0.3, -0.25) is 4.79 Å². The molecular formula is C24H17BrN4O. The van der Waals surface area contributed by atoms with Gasteiger partial charge in [0.1, 0.15) is 11.0 Å². The number of fused-ring (bicyclic) bond motifs is 2. The van der Waals surface area contributed by atoms with Crippen LogP contribution in [-0.4, -0.2) is 20.9 Å². The molecule has 0 fully saturated rings. The molecule has 1 heterocycles. The number of aryl methyl sites for hydroxylation is 1. The van der Waals surface area contributed by atoms with Crippen LogP contribution in [0.15, 0.2) is 83.3 Å². The molecule has 5 nitrogen and oxygen atoms in total. The number of para-hydroxylation sites is 1. The van der Waals surface area contributed by atoms with Gasteiger partial charge in [-0.15, -0.1) is 10.2 Å². The zero-order valence-corrected chi connectivity index (χ0v) is 17.7. The normalized spacial score (nSPS) is 11.1. The van der Waals surface area contributed by atoms with Gasteiger partial charge in [0.15, 0.2) is 0 Å². The fourth-order valence-corrected chi connectivity index (χ4v) is 4.04. The van der Waals surface area contributed by atoms with Crippen LogP contribution < -0.4 is 5.32 Å². The lowest BCUT2D eigenvalue weighted by atomic mass is 10.0. The number of nitrogens with zero attached hydrogens (tertiary/aromatic N) is 3. The molecule has 0 spiro atoms. The lowest BCUT2D eigenvalue weighted by Crippen LogP contribution is -2.13. The predicted octanol–water partition coefficient (Wildman–Crippen LogP) is 5.90. The summed E-state index contributed by atoms with van der Waals surface area (Å²) in [4.78, 5) is 14.7. The van der Waals surface area contributed by atoms with Crippen LogP contribution in [0.5, 0.6) is 0 Å². The SMILES string of the molecule is Cc1cc2nn(-c3ccccc3)nc2cc1NC(=O)c1cccc2c(Br)cccc12. The first-order valence-corrected chi connectivity index (χ1v) is 10.3. The highest BCUT2D eigenvalue weighted by Gasteiger charge is 2.14. The number of hydrogen-bond donors (Lipinski definition) is 1. The minimum atomic E-state index is -0.156. The Labute approximate surface area is 181 Å². The third-order valence-electron chi connectivity index (χ3n) is 5.08. The predicted molar refractivity (Wildman–Crippen MR) is 123 cm³/mol. The molecule has 4 aromatic carbocycles. The van der Waals surface area contributed by atoms with Crippen molar-refractivity contribution in [2.45, 2.75) is 6.92 Å². The van der Waals surface area contributed by atoms with Gasteiger partial charge in [-0.25, -0.2) is 0 Å². The highest BCUT2D eigenvalue weighted by molar-refractivity contribution is 9.10. The van der Waals surface area contributed by atoms with Crippen molar-refractivity contribution in [3.63, 3.8) is 0 Å². The van der Waals surface area contributed by atoms with E-state index >= 15 is 0 Å². The molecule has 30 heavy (non-hydrogen) atoms. The van der Waals surface area contributed by atoms with Gasteiger partial charge < -0.3 is 5.32 Å². The number of nitrogens with one attached hydrogen (secondary N) is 1. The summed E-state index contributed by atoms with van der Waals surface area (Å²) in [6.45, 7) is 1.95. The summed E-state index contributed by atoms with van der Waals surface area (Å²) in [6, 6.07) is 25.1. The van der Waals surface area contributed by atoms with Crippen molar-refractivity contribution in [3.05, 3.63) is 94.5 Å². The van der Waals surface area contributed by atoms with Crippen molar-refractivity contribution >= 4 is 49.3 Å². The number of rotatable bonds is 3. The lowest BCUT2D eigenvalue weighted by molar-refractivity contribution is 0.102. The van der Waals surface area contributed by atoms with E-state index in [9.17, 15) is 4.79 Å².